The molecular weight excluding hydrogens is 421 g/mol. The quantitative estimate of drug-likeness (QED) is 0.423. The summed E-state index contributed by atoms with van der Waals surface area (Å²) in [4.78, 5) is 14.7. The van der Waals surface area contributed by atoms with Gasteiger partial charge in [0.25, 0.3) is 0 Å². The number of aromatic nitrogens is 3. The monoisotopic (exact) mass is 444 g/mol. The number of benzene rings is 1. The van der Waals surface area contributed by atoms with E-state index < -0.39 is 6.30 Å². The summed E-state index contributed by atoms with van der Waals surface area (Å²) in [7, 11) is 1.88. The van der Waals surface area contributed by atoms with E-state index in [0.717, 1.165) is 11.1 Å². The predicted octanol–water partition coefficient (Wildman–Crippen LogP) is 4.37. The summed E-state index contributed by atoms with van der Waals surface area (Å²) in [5, 5.41) is 13.7. The minimum Gasteiger partial charge on any atom is -0.396 e. The molecule has 0 saturated carbocycles. The predicted molar refractivity (Wildman–Crippen MR) is 119 cm³/mol. The first-order chi connectivity index (χ1) is 15.3. The van der Waals surface area contributed by atoms with Crippen LogP contribution in [0.4, 0.5) is 30.4 Å². The molecule has 0 amide bonds. The Balaban J connectivity index is 1.83. The molecule has 2 heterocycles. The van der Waals surface area contributed by atoms with Crippen molar-refractivity contribution in [3.63, 3.8) is 0 Å². The van der Waals surface area contributed by atoms with E-state index in [1.807, 2.05) is 18.0 Å². The normalized spacial score (nSPS) is 11.2. The Morgan fingerprint density at radius 2 is 1.75 bits per heavy atom. The summed E-state index contributed by atoms with van der Waals surface area (Å²) < 4.78 is 37.3. The SMILES string of the molecule is C=C(Nc1ccc(NC(F)(F)F)cc1)c1cnc(N(C)CCCO)c(-c2cncnc2)c1. The molecule has 0 aliphatic carbocycles. The molecular formula is C22H23F3N6O. The van der Waals surface area contributed by atoms with Crippen LogP contribution < -0.4 is 15.5 Å². The van der Waals surface area contributed by atoms with Gasteiger partial charge in [0.05, 0.1) is 0 Å². The van der Waals surface area contributed by atoms with Gasteiger partial charge in [0.1, 0.15) is 12.1 Å². The van der Waals surface area contributed by atoms with Crippen molar-refractivity contribution in [1.82, 2.24) is 15.0 Å². The lowest BCUT2D eigenvalue weighted by Crippen LogP contribution is -2.21. The average Bonchev–Trinajstić information content (AvgIpc) is 2.78. The number of halogens is 3. The first-order valence-corrected chi connectivity index (χ1v) is 9.75. The van der Waals surface area contributed by atoms with E-state index in [0.29, 0.717) is 35.7 Å². The first kappa shape index (κ1) is 23.0. The summed E-state index contributed by atoms with van der Waals surface area (Å²) in [5.41, 5.74) is 3.30. The molecule has 0 atom stereocenters. The zero-order valence-corrected chi connectivity index (χ0v) is 17.4. The highest BCUT2D eigenvalue weighted by Gasteiger charge is 2.26. The second kappa shape index (κ2) is 10.1. The maximum atomic E-state index is 12.4. The lowest BCUT2D eigenvalue weighted by Gasteiger charge is -2.22. The molecule has 3 rings (SSSR count). The van der Waals surface area contributed by atoms with Crippen molar-refractivity contribution in [3.05, 3.63) is 67.4 Å². The van der Waals surface area contributed by atoms with Gasteiger partial charge in [-0.25, -0.2) is 15.0 Å². The molecule has 168 valence electrons. The summed E-state index contributed by atoms with van der Waals surface area (Å²) >= 11 is 0. The molecule has 0 unspecified atom stereocenters. The number of nitrogens with one attached hydrogen (secondary N) is 2. The van der Waals surface area contributed by atoms with Gasteiger partial charge in [0.2, 0.25) is 0 Å². The summed E-state index contributed by atoms with van der Waals surface area (Å²) in [5.74, 6) is 0.701. The second-order valence-electron chi connectivity index (χ2n) is 7.02. The molecule has 0 spiro atoms. The summed E-state index contributed by atoms with van der Waals surface area (Å²) in [6, 6.07) is 7.59. The Hall–Kier alpha value is -3.66. The van der Waals surface area contributed by atoms with Crippen LogP contribution in [0.3, 0.4) is 0 Å². The highest BCUT2D eigenvalue weighted by Crippen LogP contribution is 2.31. The van der Waals surface area contributed by atoms with Gasteiger partial charge in [-0.15, -0.1) is 0 Å². The Morgan fingerprint density at radius 1 is 1.09 bits per heavy atom. The summed E-state index contributed by atoms with van der Waals surface area (Å²) in [6.07, 6.45) is 2.56. The highest BCUT2D eigenvalue weighted by atomic mass is 19.4. The largest absolute Gasteiger partial charge is 0.482 e. The van der Waals surface area contributed by atoms with E-state index in [1.165, 1.54) is 35.9 Å². The van der Waals surface area contributed by atoms with Crippen molar-refractivity contribution >= 4 is 22.9 Å². The minimum atomic E-state index is -4.49. The third-order valence-corrected chi connectivity index (χ3v) is 4.57. The lowest BCUT2D eigenvalue weighted by atomic mass is 10.1. The number of hydrogen-bond acceptors (Lipinski definition) is 7. The van der Waals surface area contributed by atoms with Crippen LogP contribution in [0.5, 0.6) is 0 Å². The van der Waals surface area contributed by atoms with E-state index in [1.54, 1.807) is 18.6 Å². The number of aliphatic hydroxyl groups is 1. The van der Waals surface area contributed by atoms with Gasteiger partial charge < -0.3 is 15.3 Å². The number of pyridine rings is 1. The molecule has 3 aromatic rings. The van der Waals surface area contributed by atoms with Gasteiger partial charge in [-0.3, -0.25) is 5.32 Å². The molecule has 0 fully saturated rings. The van der Waals surface area contributed by atoms with Gasteiger partial charge in [-0.1, -0.05) is 6.58 Å². The maximum Gasteiger partial charge on any atom is 0.482 e. The zero-order valence-electron chi connectivity index (χ0n) is 17.4. The molecule has 7 nitrogen and oxygen atoms in total. The number of nitrogens with zero attached hydrogens (tertiary/aromatic N) is 4. The Kier molecular flexibility index (Phi) is 7.26. The van der Waals surface area contributed by atoms with E-state index in [4.69, 9.17) is 5.11 Å². The molecule has 0 aliphatic rings. The topological polar surface area (TPSA) is 86.2 Å². The molecule has 0 aliphatic heterocycles. The van der Waals surface area contributed by atoms with E-state index in [2.05, 4.69) is 26.8 Å². The van der Waals surface area contributed by atoms with E-state index >= 15 is 0 Å². The zero-order chi connectivity index (χ0) is 23.1. The van der Waals surface area contributed by atoms with Crippen molar-refractivity contribution in [2.45, 2.75) is 12.7 Å². The molecule has 0 bridgehead atoms. The van der Waals surface area contributed by atoms with Gasteiger partial charge in [0, 0.05) is 72.6 Å². The maximum absolute atomic E-state index is 12.4. The molecule has 1 aromatic carbocycles. The van der Waals surface area contributed by atoms with Crippen LogP contribution in [-0.4, -0.2) is 46.6 Å². The van der Waals surface area contributed by atoms with Crippen LogP contribution in [0.2, 0.25) is 0 Å². The first-order valence-electron chi connectivity index (χ1n) is 9.75. The average molecular weight is 444 g/mol. The smallest absolute Gasteiger partial charge is 0.396 e. The Bertz CT molecular complexity index is 1040. The van der Waals surface area contributed by atoms with Crippen LogP contribution in [0.1, 0.15) is 12.0 Å². The number of alkyl halides is 3. The fraction of sp³-hybridized carbons (Fsp3) is 0.227. The minimum absolute atomic E-state index is 0.0584. The van der Waals surface area contributed by atoms with Crippen molar-refractivity contribution in [1.29, 1.82) is 0 Å². The third-order valence-electron chi connectivity index (χ3n) is 4.57. The summed E-state index contributed by atoms with van der Waals surface area (Å²) in [6.45, 7) is 4.72. The van der Waals surface area contributed by atoms with Gasteiger partial charge in [-0.05, 0) is 36.8 Å². The lowest BCUT2D eigenvalue weighted by molar-refractivity contribution is -0.0999. The van der Waals surface area contributed by atoms with Crippen molar-refractivity contribution in [2.24, 2.45) is 0 Å². The van der Waals surface area contributed by atoms with Gasteiger partial charge in [0.15, 0.2) is 0 Å². The van der Waals surface area contributed by atoms with Crippen LogP contribution >= 0.6 is 0 Å². The molecule has 10 heteroatoms. The molecule has 2 aromatic heterocycles. The van der Waals surface area contributed by atoms with E-state index in [-0.39, 0.29) is 12.3 Å². The van der Waals surface area contributed by atoms with Crippen LogP contribution in [0.25, 0.3) is 16.8 Å². The van der Waals surface area contributed by atoms with Gasteiger partial charge >= 0.3 is 6.30 Å². The van der Waals surface area contributed by atoms with Crippen LogP contribution in [0.15, 0.2) is 61.8 Å². The molecule has 0 saturated heterocycles. The van der Waals surface area contributed by atoms with Gasteiger partial charge in [-0.2, -0.15) is 13.2 Å². The molecule has 32 heavy (non-hydrogen) atoms. The number of aliphatic hydroxyl groups excluding tert-OH is 1. The fourth-order valence-corrected chi connectivity index (χ4v) is 3.04. The molecule has 3 N–H and O–H groups in total. The van der Waals surface area contributed by atoms with E-state index in [9.17, 15) is 13.2 Å². The number of rotatable bonds is 9. The van der Waals surface area contributed by atoms with Crippen LogP contribution in [-0.2, 0) is 0 Å². The van der Waals surface area contributed by atoms with Crippen molar-refractivity contribution < 1.29 is 18.3 Å². The van der Waals surface area contributed by atoms with Crippen LogP contribution in [0, 0.1) is 0 Å². The molecule has 0 radical (unpaired) electrons. The second-order valence-corrected chi connectivity index (χ2v) is 7.02. The Morgan fingerprint density at radius 3 is 2.38 bits per heavy atom. The third kappa shape index (κ3) is 6.17. The standard InChI is InChI=1S/C22H23F3N6O/c1-15(29-18-4-6-19(7-5-18)30-22(23,24)25)16-10-20(17-11-26-14-27-12-17)21(28-13-16)31(2)8-3-9-32/h4-7,10-14,29-30,32H,1,3,8-9H2,2H3. The Labute approximate surface area is 183 Å². The highest BCUT2D eigenvalue weighted by molar-refractivity contribution is 5.82. The van der Waals surface area contributed by atoms with Crippen molar-refractivity contribution in [2.75, 3.05) is 35.7 Å². The fourth-order valence-electron chi connectivity index (χ4n) is 3.04. The number of hydrogen-bond donors (Lipinski definition) is 3. The number of anilines is 3. The van der Waals surface area contributed by atoms with Crippen molar-refractivity contribution in [3.8, 4) is 11.1 Å².